The predicted molar refractivity (Wildman–Crippen MR) is 85.3 cm³/mol. The van der Waals surface area contributed by atoms with Crippen molar-refractivity contribution in [3.63, 3.8) is 0 Å². The summed E-state index contributed by atoms with van der Waals surface area (Å²) in [5, 5.41) is 10.7. The molecule has 0 saturated carbocycles. The summed E-state index contributed by atoms with van der Waals surface area (Å²) in [6.07, 6.45) is 3.31. The first-order valence-electron chi connectivity index (χ1n) is 7.78. The number of fused-ring (bicyclic) bond motifs is 1. The van der Waals surface area contributed by atoms with Crippen molar-refractivity contribution in [3.8, 4) is 0 Å². The second kappa shape index (κ2) is 5.46. The largest absolute Gasteiger partial charge is 0.381 e. The second-order valence-electron chi connectivity index (χ2n) is 5.98. The third-order valence-corrected chi connectivity index (χ3v) is 5.74. The molecular weight excluding hydrogens is 282 g/mol. The fourth-order valence-electron chi connectivity index (χ4n) is 3.40. The Balaban J connectivity index is 1.68. The smallest absolute Gasteiger partial charge is 0.125 e. The van der Waals surface area contributed by atoms with Crippen molar-refractivity contribution < 1.29 is 4.74 Å². The van der Waals surface area contributed by atoms with Gasteiger partial charge in [0.25, 0.3) is 0 Å². The van der Waals surface area contributed by atoms with Gasteiger partial charge in [-0.05, 0) is 43.2 Å². The minimum absolute atomic E-state index is 0.398. The molecule has 1 fully saturated rings. The third kappa shape index (κ3) is 2.38. The molecule has 5 heteroatoms. The van der Waals surface area contributed by atoms with Crippen LogP contribution in [0.5, 0.6) is 0 Å². The molecule has 4 nitrogen and oxygen atoms in total. The molecular formula is C16H21N3OS. The van der Waals surface area contributed by atoms with Gasteiger partial charge in [0.1, 0.15) is 5.82 Å². The molecule has 1 atom stereocenters. The first kappa shape index (κ1) is 13.3. The van der Waals surface area contributed by atoms with E-state index in [1.807, 2.05) is 11.3 Å². The molecule has 2 aliphatic rings. The molecule has 4 rings (SSSR count). The molecule has 0 bridgehead atoms. The van der Waals surface area contributed by atoms with Gasteiger partial charge in [-0.1, -0.05) is 0 Å². The lowest BCUT2D eigenvalue weighted by molar-refractivity contribution is 0.0843. The Morgan fingerprint density at radius 1 is 1.33 bits per heavy atom. The molecule has 4 heterocycles. The zero-order chi connectivity index (χ0) is 14.2. The minimum atomic E-state index is 0.398. The third-order valence-electron chi connectivity index (χ3n) is 4.62. The van der Waals surface area contributed by atoms with Crippen LogP contribution in [0.2, 0.25) is 0 Å². The molecule has 0 aliphatic carbocycles. The molecule has 0 radical (unpaired) electrons. The molecule has 0 amide bonds. The van der Waals surface area contributed by atoms with Gasteiger partial charge >= 0.3 is 0 Å². The molecule has 0 aromatic carbocycles. The summed E-state index contributed by atoms with van der Waals surface area (Å²) in [6, 6.07) is 4.87. The Bertz CT molecular complexity index is 627. The number of aryl methyl sites for hydroxylation is 1. The number of anilines is 1. The number of hydrogen-bond acceptors (Lipinski definition) is 4. The maximum Gasteiger partial charge on any atom is 0.125 e. The molecule has 21 heavy (non-hydrogen) atoms. The lowest BCUT2D eigenvalue weighted by Crippen LogP contribution is -2.24. The average molecular weight is 303 g/mol. The van der Waals surface area contributed by atoms with E-state index < -0.39 is 0 Å². The summed E-state index contributed by atoms with van der Waals surface area (Å²) in [5.74, 6) is 1.74. The fourth-order valence-corrected chi connectivity index (χ4v) is 4.45. The Morgan fingerprint density at radius 2 is 2.19 bits per heavy atom. The molecule has 0 spiro atoms. The molecule has 1 saturated heterocycles. The number of thiophene rings is 1. The standard InChI is InChI=1S/C16H21N3OS/c1-11-5-9-21-16(11)14-2-6-17-15-10-13(18-19(14)15)12-3-7-20-8-4-12/h5,9-10,12,14,17H,2-4,6-8H2,1H3. The molecule has 1 unspecified atom stereocenters. The molecule has 2 aromatic rings. The molecule has 1 N–H and O–H groups in total. The van der Waals surface area contributed by atoms with Crippen molar-refractivity contribution in [2.45, 2.75) is 38.1 Å². The number of hydrogen-bond donors (Lipinski definition) is 1. The van der Waals surface area contributed by atoms with E-state index in [1.165, 1.54) is 22.0 Å². The normalized spacial score (nSPS) is 22.8. The highest BCUT2D eigenvalue weighted by atomic mass is 32.1. The lowest BCUT2D eigenvalue weighted by atomic mass is 9.97. The predicted octanol–water partition coefficient (Wildman–Crippen LogP) is 3.55. The quantitative estimate of drug-likeness (QED) is 0.922. The van der Waals surface area contributed by atoms with Gasteiger partial charge in [-0.15, -0.1) is 11.3 Å². The van der Waals surface area contributed by atoms with E-state index in [9.17, 15) is 0 Å². The summed E-state index contributed by atoms with van der Waals surface area (Å²) in [4.78, 5) is 1.46. The zero-order valence-electron chi connectivity index (χ0n) is 12.3. The van der Waals surface area contributed by atoms with Crippen LogP contribution in [0, 0.1) is 6.92 Å². The van der Waals surface area contributed by atoms with E-state index in [0.29, 0.717) is 12.0 Å². The lowest BCUT2D eigenvalue weighted by Gasteiger charge is -2.25. The van der Waals surface area contributed by atoms with Gasteiger partial charge in [-0.25, -0.2) is 4.68 Å². The van der Waals surface area contributed by atoms with Crippen LogP contribution in [0.1, 0.15) is 47.4 Å². The molecule has 2 aromatic heterocycles. The zero-order valence-corrected chi connectivity index (χ0v) is 13.2. The van der Waals surface area contributed by atoms with Gasteiger partial charge < -0.3 is 10.1 Å². The maximum atomic E-state index is 5.47. The topological polar surface area (TPSA) is 39.1 Å². The first-order chi connectivity index (χ1) is 10.3. The van der Waals surface area contributed by atoms with E-state index in [1.54, 1.807) is 0 Å². The summed E-state index contributed by atoms with van der Waals surface area (Å²) in [5.41, 5.74) is 2.63. The summed E-state index contributed by atoms with van der Waals surface area (Å²) in [7, 11) is 0. The van der Waals surface area contributed by atoms with Gasteiger partial charge in [0, 0.05) is 36.6 Å². The van der Waals surface area contributed by atoms with Gasteiger partial charge in [-0.3, -0.25) is 0 Å². The van der Waals surface area contributed by atoms with Gasteiger partial charge in [0.15, 0.2) is 0 Å². The summed E-state index contributed by atoms with van der Waals surface area (Å²) < 4.78 is 7.69. The molecule has 2 aliphatic heterocycles. The van der Waals surface area contributed by atoms with Gasteiger partial charge in [0.05, 0.1) is 11.7 Å². The van der Waals surface area contributed by atoms with Crippen LogP contribution < -0.4 is 5.32 Å². The van der Waals surface area contributed by atoms with E-state index in [0.717, 1.165) is 39.0 Å². The van der Waals surface area contributed by atoms with Gasteiger partial charge in [0.2, 0.25) is 0 Å². The van der Waals surface area contributed by atoms with Crippen LogP contribution >= 0.6 is 11.3 Å². The van der Waals surface area contributed by atoms with Crippen LogP contribution in [0.3, 0.4) is 0 Å². The van der Waals surface area contributed by atoms with Crippen molar-refractivity contribution in [2.24, 2.45) is 0 Å². The van der Waals surface area contributed by atoms with Crippen molar-refractivity contribution in [1.29, 1.82) is 0 Å². The number of rotatable bonds is 2. The maximum absolute atomic E-state index is 5.47. The number of aromatic nitrogens is 2. The highest BCUT2D eigenvalue weighted by Gasteiger charge is 2.27. The van der Waals surface area contributed by atoms with Crippen LogP contribution in [-0.2, 0) is 4.74 Å². The van der Waals surface area contributed by atoms with Crippen molar-refractivity contribution >= 4 is 17.2 Å². The van der Waals surface area contributed by atoms with Crippen molar-refractivity contribution in [1.82, 2.24) is 9.78 Å². The van der Waals surface area contributed by atoms with Crippen molar-refractivity contribution in [3.05, 3.63) is 33.6 Å². The molecule has 112 valence electrons. The van der Waals surface area contributed by atoms with Gasteiger partial charge in [-0.2, -0.15) is 5.10 Å². The van der Waals surface area contributed by atoms with E-state index in [2.05, 4.69) is 34.4 Å². The highest BCUT2D eigenvalue weighted by Crippen LogP contribution is 2.36. The number of nitrogens with one attached hydrogen (secondary N) is 1. The fraction of sp³-hybridized carbons (Fsp3) is 0.562. The van der Waals surface area contributed by atoms with E-state index in [-0.39, 0.29) is 0 Å². The monoisotopic (exact) mass is 303 g/mol. The van der Waals surface area contributed by atoms with Crippen LogP contribution in [0.15, 0.2) is 17.5 Å². The Hall–Kier alpha value is -1.33. The Morgan fingerprint density at radius 3 is 2.95 bits per heavy atom. The average Bonchev–Trinajstić information content (AvgIpc) is 3.14. The SMILES string of the molecule is Cc1ccsc1C1CCNc2cc(C3CCOCC3)nn21. The number of nitrogens with zero attached hydrogens (tertiary/aromatic N) is 2. The number of ether oxygens (including phenoxy) is 1. The Kier molecular flexibility index (Phi) is 3.47. The second-order valence-corrected chi connectivity index (χ2v) is 6.93. The van der Waals surface area contributed by atoms with Crippen LogP contribution in [0.4, 0.5) is 5.82 Å². The first-order valence-corrected chi connectivity index (χ1v) is 8.66. The van der Waals surface area contributed by atoms with Crippen LogP contribution in [-0.4, -0.2) is 29.5 Å². The van der Waals surface area contributed by atoms with E-state index >= 15 is 0 Å². The highest BCUT2D eigenvalue weighted by molar-refractivity contribution is 7.10. The minimum Gasteiger partial charge on any atom is -0.381 e. The summed E-state index contributed by atoms with van der Waals surface area (Å²) in [6.45, 7) is 4.97. The van der Waals surface area contributed by atoms with Crippen LogP contribution in [0.25, 0.3) is 0 Å². The Labute approximate surface area is 129 Å². The summed E-state index contributed by atoms with van der Waals surface area (Å²) >= 11 is 1.86. The van der Waals surface area contributed by atoms with Crippen molar-refractivity contribution in [2.75, 3.05) is 25.1 Å². The van der Waals surface area contributed by atoms with E-state index in [4.69, 9.17) is 9.84 Å².